The molecular formula is C21H26Br2S2. The third-order valence-corrected chi connectivity index (χ3v) is 8.29. The molecule has 4 heteroatoms. The lowest BCUT2D eigenvalue weighted by atomic mass is 10.0. The highest BCUT2D eigenvalue weighted by atomic mass is 79.9. The molecule has 0 saturated carbocycles. The number of allylic oxidation sites excluding steroid dienone is 1. The highest BCUT2D eigenvalue weighted by Crippen LogP contribution is 2.54. The number of fused-ring (bicyclic) bond motifs is 3. The van der Waals surface area contributed by atoms with E-state index in [0.29, 0.717) is 0 Å². The topological polar surface area (TPSA) is 0 Å². The van der Waals surface area contributed by atoms with E-state index < -0.39 is 0 Å². The van der Waals surface area contributed by atoms with Crippen molar-refractivity contribution in [1.29, 1.82) is 0 Å². The Morgan fingerprint density at radius 2 is 1.24 bits per heavy atom. The molecule has 25 heavy (non-hydrogen) atoms. The number of hydrogen-bond donors (Lipinski definition) is 0. The Morgan fingerprint density at radius 1 is 0.760 bits per heavy atom. The molecule has 0 unspecified atom stereocenters. The van der Waals surface area contributed by atoms with E-state index in [1.54, 1.807) is 0 Å². The second-order valence-corrected chi connectivity index (χ2v) is 11.7. The van der Waals surface area contributed by atoms with Crippen LogP contribution in [0, 0.1) is 0 Å². The molecule has 1 aliphatic carbocycles. The molecule has 136 valence electrons. The number of hydrogen-bond acceptors (Lipinski definition) is 2. The molecule has 0 spiro atoms. The van der Waals surface area contributed by atoms with Crippen LogP contribution >= 0.6 is 54.5 Å². The minimum atomic E-state index is 1.20. The molecule has 0 nitrogen and oxygen atoms in total. The normalized spacial score (nSPS) is 12.5. The number of rotatable bonds is 10. The Bertz CT molecular complexity index is 676. The zero-order valence-electron chi connectivity index (χ0n) is 14.9. The highest BCUT2D eigenvalue weighted by molar-refractivity contribution is 9.11. The average molecular weight is 502 g/mol. The minimum absolute atomic E-state index is 1.20. The summed E-state index contributed by atoms with van der Waals surface area (Å²) < 4.78 is 2.48. The average Bonchev–Trinajstić information content (AvgIpc) is 3.21. The zero-order chi connectivity index (χ0) is 17.6. The van der Waals surface area contributed by atoms with E-state index in [-0.39, 0.29) is 0 Å². The maximum Gasteiger partial charge on any atom is 0.0711 e. The van der Waals surface area contributed by atoms with Crippen LogP contribution in [0.25, 0.3) is 15.3 Å². The lowest BCUT2D eigenvalue weighted by Crippen LogP contribution is -1.82. The monoisotopic (exact) mass is 500 g/mol. The van der Waals surface area contributed by atoms with Gasteiger partial charge in [-0.1, -0.05) is 64.4 Å². The van der Waals surface area contributed by atoms with E-state index in [4.69, 9.17) is 0 Å². The van der Waals surface area contributed by atoms with Crippen LogP contribution in [-0.2, 0) is 0 Å². The zero-order valence-corrected chi connectivity index (χ0v) is 19.7. The maximum absolute atomic E-state index is 3.66. The molecule has 0 bridgehead atoms. The van der Waals surface area contributed by atoms with Gasteiger partial charge in [0, 0.05) is 11.1 Å². The van der Waals surface area contributed by atoms with E-state index in [1.165, 1.54) is 98.2 Å². The van der Waals surface area contributed by atoms with Crippen molar-refractivity contribution in [2.24, 2.45) is 0 Å². The summed E-state index contributed by atoms with van der Waals surface area (Å²) in [4.78, 5) is 2.88. The summed E-state index contributed by atoms with van der Waals surface area (Å²) in [5, 5.41) is 0. The molecule has 2 heterocycles. The van der Waals surface area contributed by atoms with E-state index in [2.05, 4.69) is 57.0 Å². The summed E-state index contributed by atoms with van der Waals surface area (Å²) in [7, 11) is 0. The molecule has 0 fully saturated rings. The predicted octanol–water partition coefficient (Wildman–Crippen LogP) is 9.67. The SMILES string of the molecule is CCCCCCCCCCCC=C1c2cc(Br)sc2-c2sc(Br)cc21. The summed E-state index contributed by atoms with van der Waals surface area (Å²) in [6, 6.07) is 4.59. The second-order valence-electron chi connectivity index (χ2n) is 6.82. The lowest BCUT2D eigenvalue weighted by Gasteiger charge is -2.02. The van der Waals surface area contributed by atoms with Crippen LogP contribution in [0.15, 0.2) is 25.8 Å². The van der Waals surface area contributed by atoms with E-state index >= 15 is 0 Å². The molecule has 0 radical (unpaired) electrons. The Hall–Kier alpha value is 0.1000. The molecule has 3 rings (SSSR count). The van der Waals surface area contributed by atoms with Crippen LogP contribution in [0.4, 0.5) is 0 Å². The fourth-order valence-electron chi connectivity index (χ4n) is 3.53. The summed E-state index contributed by atoms with van der Waals surface area (Å²) in [6.45, 7) is 2.29. The molecule has 0 amide bonds. The van der Waals surface area contributed by atoms with Crippen molar-refractivity contribution in [3.8, 4) is 9.75 Å². The van der Waals surface area contributed by atoms with Gasteiger partial charge in [0.2, 0.25) is 0 Å². The first kappa shape index (κ1) is 19.9. The number of unbranched alkanes of at least 4 members (excludes halogenated alkanes) is 9. The Labute approximate surface area is 177 Å². The van der Waals surface area contributed by atoms with Gasteiger partial charge in [0.1, 0.15) is 0 Å². The smallest absolute Gasteiger partial charge is 0.0711 e. The second kappa shape index (κ2) is 9.87. The Kier molecular flexibility index (Phi) is 7.84. The van der Waals surface area contributed by atoms with Crippen LogP contribution in [0.5, 0.6) is 0 Å². The van der Waals surface area contributed by atoms with Gasteiger partial charge in [-0.3, -0.25) is 0 Å². The van der Waals surface area contributed by atoms with Gasteiger partial charge in [-0.15, -0.1) is 22.7 Å². The van der Waals surface area contributed by atoms with Gasteiger partial charge in [-0.25, -0.2) is 0 Å². The summed E-state index contributed by atoms with van der Waals surface area (Å²) in [6.07, 6.45) is 16.2. The van der Waals surface area contributed by atoms with Crippen molar-refractivity contribution < 1.29 is 0 Å². The number of thiophene rings is 2. The Balaban J connectivity index is 1.47. The van der Waals surface area contributed by atoms with E-state index in [9.17, 15) is 0 Å². The molecule has 2 aromatic heterocycles. The third kappa shape index (κ3) is 5.09. The van der Waals surface area contributed by atoms with Crippen molar-refractivity contribution in [2.45, 2.75) is 71.1 Å². The van der Waals surface area contributed by atoms with Gasteiger partial charge in [-0.2, -0.15) is 0 Å². The van der Waals surface area contributed by atoms with Gasteiger partial charge in [-0.05, 0) is 62.4 Å². The summed E-state index contributed by atoms with van der Waals surface area (Å²) in [5.74, 6) is 0. The molecule has 0 saturated heterocycles. The van der Waals surface area contributed by atoms with Gasteiger partial charge in [0.25, 0.3) is 0 Å². The molecule has 0 atom stereocenters. The minimum Gasteiger partial charge on any atom is -0.127 e. The van der Waals surface area contributed by atoms with E-state index in [0.717, 1.165) is 0 Å². The third-order valence-electron chi connectivity index (χ3n) is 4.85. The van der Waals surface area contributed by atoms with Crippen LogP contribution in [0.1, 0.15) is 82.3 Å². The predicted molar refractivity (Wildman–Crippen MR) is 122 cm³/mol. The maximum atomic E-state index is 3.66. The van der Waals surface area contributed by atoms with Crippen molar-refractivity contribution in [2.75, 3.05) is 0 Å². The van der Waals surface area contributed by atoms with Crippen molar-refractivity contribution in [1.82, 2.24) is 0 Å². The van der Waals surface area contributed by atoms with Crippen LogP contribution in [-0.4, -0.2) is 0 Å². The summed E-state index contributed by atoms with van der Waals surface area (Å²) >= 11 is 11.0. The van der Waals surface area contributed by atoms with Gasteiger partial charge < -0.3 is 0 Å². The fraction of sp³-hybridized carbons (Fsp3) is 0.524. The van der Waals surface area contributed by atoms with Crippen molar-refractivity contribution in [3.63, 3.8) is 0 Å². The lowest BCUT2D eigenvalue weighted by molar-refractivity contribution is 0.566. The molecule has 0 aromatic carbocycles. The van der Waals surface area contributed by atoms with E-state index in [1.807, 2.05) is 22.7 Å². The quantitative estimate of drug-likeness (QED) is 0.242. The first-order valence-corrected chi connectivity index (χ1v) is 12.7. The Morgan fingerprint density at radius 3 is 1.76 bits per heavy atom. The first-order valence-electron chi connectivity index (χ1n) is 9.50. The number of halogens is 2. The standard InChI is InChI=1S/C21H26Br2S2/c1-2-3-4-5-6-7-8-9-10-11-12-15-16-13-18(22)24-20(16)21-17(15)14-19(23)25-21/h12-14H,2-11H2,1H3. The van der Waals surface area contributed by atoms with Crippen LogP contribution in [0.2, 0.25) is 0 Å². The molecule has 2 aromatic rings. The van der Waals surface area contributed by atoms with Gasteiger partial charge in [0.15, 0.2) is 0 Å². The molecular weight excluding hydrogens is 476 g/mol. The molecule has 0 aliphatic heterocycles. The van der Waals surface area contributed by atoms with Gasteiger partial charge >= 0.3 is 0 Å². The van der Waals surface area contributed by atoms with Crippen LogP contribution in [0.3, 0.4) is 0 Å². The van der Waals surface area contributed by atoms with Crippen molar-refractivity contribution >= 4 is 60.1 Å². The largest absolute Gasteiger partial charge is 0.127 e. The summed E-state index contributed by atoms with van der Waals surface area (Å²) in [5.41, 5.74) is 4.32. The van der Waals surface area contributed by atoms with Crippen LogP contribution < -0.4 is 0 Å². The highest BCUT2D eigenvalue weighted by Gasteiger charge is 2.28. The molecule has 1 aliphatic rings. The fourth-order valence-corrected chi connectivity index (χ4v) is 6.91. The first-order chi connectivity index (χ1) is 12.2. The van der Waals surface area contributed by atoms with Crippen molar-refractivity contribution in [3.05, 3.63) is 36.9 Å². The molecule has 0 N–H and O–H groups in total. The van der Waals surface area contributed by atoms with Gasteiger partial charge in [0.05, 0.1) is 17.3 Å².